The summed E-state index contributed by atoms with van der Waals surface area (Å²) in [6.07, 6.45) is 0. The topological polar surface area (TPSA) is 24.1 Å². The molecule has 78 valence electrons. The van der Waals surface area contributed by atoms with E-state index in [1.807, 2.05) is 0 Å². The molecule has 0 spiro atoms. The highest BCUT2D eigenvalue weighted by Gasteiger charge is 1.97. The van der Waals surface area contributed by atoms with Gasteiger partial charge in [0, 0.05) is 24.2 Å². The van der Waals surface area contributed by atoms with Gasteiger partial charge < -0.3 is 5.32 Å². The zero-order valence-corrected chi connectivity index (χ0v) is 9.69. The Labute approximate surface area is 92.3 Å². The average Bonchev–Trinajstić information content (AvgIpc) is 2.30. The molecular weight excluding hydrogens is 203 g/mol. The molecule has 3 heteroatoms. The van der Waals surface area contributed by atoms with Crippen molar-refractivity contribution in [1.82, 2.24) is 5.09 Å². The Hall–Kier alpha value is -1.11. The second-order valence-electron chi connectivity index (χ2n) is 3.41. The third kappa shape index (κ3) is 2.47. The van der Waals surface area contributed by atoms with Crippen LogP contribution in [0.15, 0.2) is 42.5 Å². The maximum absolute atomic E-state index is 3.41. The summed E-state index contributed by atoms with van der Waals surface area (Å²) in [5.74, 6) is 0. The third-order valence-corrected chi connectivity index (χ3v) is 2.66. The van der Waals surface area contributed by atoms with Crippen LogP contribution in [0, 0.1) is 0 Å². The number of hydrogen-bond donors (Lipinski definition) is 2. The maximum Gasteiger partial charge on any atom is 0.0420 e. The smallest absolute Gasteiger partial charge is 0.0420 e. The number of nitrogens with one attached hydrogen (secondary N) is 2. The van der Waals surface area contributed by atoms with Gasteiger partial charge in [-0.1, -0.05) is 45.8 Å². The molecule has 0 fully saturated rings. The van der Waals surface area contributed by atoms with Crippen LogP contribution in [0.25, 0.3) is 10.8 Å². The summed E-state index contributed by atoms with van der Waals surface area (Å²) in [5, 5.41) is 9.01. The van der Waals surface area contributed by atoms with E-state index in [9.17, 15) is 0 Å². The minimum atomic E-state index is 0.928. The SMILES string of the molecule is PNCCNc1cccc2ccccc12. The van der Waals surface area contributed by atoms with Gasteiger partial charge in [0.05, 0.1) is 0 Å². The molecule has 0 aliphatic rings. The minimum Gasteiger partial charge on any atom is -0.383 e. The molecular formula is C12H15N2P. The highest BCUT2D eigenvalue weighted by atomic mass is 31.0. The molecule has 1 unspecified atom stereocenters. The van der Waals surface area contributed by atoms with Gasteiger partial charge in [0.1, 0.15) is 0 Å². The van der Waals surface area contributed by atoms with Gasteiger partial charge in [-0.05, 0) is 11.5 Å². The molecule has 0 amide bonds. The summed E-state index contributed by atoms with van der Waals surface area (Å²) >= 11 is 0. The van der Waals surface area contributed by atoms with Crippen LogP contribution >= 0.6 is 9.39 Å². The molecule has 2 aromatic carbocycles. The van der Waals surface area contributed by atoms with Crippen LogP contribution in [0.4, 0.5) is 5.69 Å². The second-order valence-corrected chi connectivity index (χ2v) is 3.82. The summed E-state index contributed by atoms with van der Waals surface area (Å²) in [6.45, 7) is 1.87. The Morgan fingerprint density at radius 2 is 1.73 bits per heavy atom. The number of anilines is 1. The molecule has 0 heterocycles. The van der Waals surface area contributed by atoms with Crippen LogP contribution in [0.1, 0.15) is 0 Å². The minimum absolute atomic E-state index is 0.928. The fourth-order valence-electron chi connectivity index (χ4n) is 1.65. The van der Waals surface area contributed by atoms with Crippen molar-refractivity contribution >= 4 is 25.9 Å². The van der Waals surface area contributed by atoms with E-state index in [0.29, 0.717) is 0 Å². The van der Waals surface area contributed by atoms with Crippen molar-refractivity contribution in [2.45, 2.75) is 0 Å². The summed E-state index contributed by atoms with van der Waals surface area (Å²) in [4.78, 5) is 0. The molecule has 0 radical (unpaired) electrons. The Bertz CT molecular complexity index is 437. The number of fused-ring (bicyclic) bond motifs is 1. The van der Waals surface area contributed by atoms with Crippen molar-refractivity contribution in [1.29, 1.82) is 0 Å². The third-order valence-electron chi connectivity index (χ3n) is 2.37. The van der Waals surface area contributed by atoms with E-state index < -0.39 is 0 Å². The van der Waals surface area contributed by atoms with Gasteiger partial charge in [0.2, 0.25) is 0 Å². The summed E-state index contributed by atoms with van der Waals surface area (Å²) in [6, 6.07) is 14.7. The van der Waals surface area contributed by atoms with E-state index in [1.165, 1.54) is 16.5 Å². The number of benzene rings is 2. The van der Waals surface area contributed by atoms with Crippen molar-refractivity contribution in [3.63, 3.8) is 0 Å². The lowest BCUT2D eigenvalue weighted by molar-refractivity contribution is 0.958. The van der Waals surface area contributed by atoms with Gasteiger partial charge >= 0.3 is 0 Å². The Kier molecular flexibility index (Phi) is 3.54. The van der Waals surface area contributed by atoms with Crippen molar-refractivity contribution in [2.24, 2.45) is 0 Å². The molecule has 2 nitrogen and oxygen atoms in total. The van der Waals surface area contributed by atoms with E-state index in [1.54, 1.807) is 0 Å². The fourth-order valence-corrected chi connectivity index (χ4v) is 1.79. The van der Waals surface area contributed by atoms with Crippen LogP contribution in [-0.4, -0.2) is 13.1 Å². The van der Waals surface area contributed by atoms with Crippen LogP contribution in [0.5, 0.6) is 0 Å². The summed E-state index contributed by atoms with van der Waals surface area (Å²) in [7, 11) is 2.51. The lowest BCUT2D eigenvalue weighted by Gasteiger charge is -2.09. The molecule has 1 atom stereocenters. The molecule has 15 heavy (non-hydrogen) atoms. The van der Waals surface area contributed by atoms with Gasteiger partial charge in [0.15, 0.2) is 0 Å². The molecule has 0 saturated heterocycles. The predicted octanol–water partition coefficient (Wildman–Crippen LogP) is 2.63. The van der Waals surface area contributed by atoms with E-state index in [2.05, 4.69) is 62.3 Å². The quantitative estimate of drug-likeness (QED) is 0.609. The van der Waals surface area contributed by atoms with E-state index in [4.69, 9.17) is 0 Å². The first kappa shape index (κ1) is 10.4. The van der Waals surface area contributed by atoms with Crippen LogP contribution in [0.3, 0.4) is 0 Å². The number of rotatable bonds is 4. The first-order valence-corrected chi connectivity index (χ1v) is 5.64. The molecule has 0 saturated carbocycles. The molecule has 2 N–H and O–H groups in total. The highest BCUT2D eigenvalue weighted by molar-refractivity contribution is 7.13. The monoisotopic (exact) mass is 218 g/mol. The van der Waals surface area contributed by atoms with E-state index >= 15 is 0 Å². The van der Waals surface area contributed by atoms with Gasteiger partial charge in [-0.3, -0.25) is 5.09 Å². The van der Waals surface area contributed by atoms with Gasteiger partial charge in [0.25, 0.3) is 0 Å². The van der Waals surface area contributed by atoms with E-state index in [0.717, 1.165) is 13.1 Å². The normalized spacial score (nSPS) is 10.5. The lowest BCUT2D eigenvalue weighted by atomic mass is 10.1. The van der Waals surface area contributed by atoms with Gasteiger partial charge in [-0.25, -0.2) is 0 Å². The Balaban J connectivity index is 2.26. The average molecular weight is 218 g/mol. The van der Waals surface area contributed by atoms with Crippen molar-refractivity contribution in [2.75, 3.05) is 18.4 Å². The summed E-state index contributed by atoms with van der Waals surface area (Å²) in [5.41, 5.74) is 1.20. The molecule has 2 rings (SSSR count). The molecule has 2 aromatic rings. The van der Waals surface area contributed by atoms with E-state index in [-0.39, 0.29) is 0 Å². The second kappa shape index (κ2) is 5.11. The van der Waals surface area contributed by atoms with Crippen LogP contribution in [0.2, 0.25) is 0 Å². The molecule has 0 aliphatic carbocycles. The standard InChI is InChI=1S/C12H15N2P/c15-14-9-8-13-12-7-3-5-10-4-1-2-6-11(10)12/h1-7,13-14H,8-9,15H2. The predicted molar refractivity (Wildman–Crippen MR) is 70.2 cm³/mol. The maximum atomic E-state index is 3.41. The zero-order chi connectivity index (χ0) is 10.5. The largest absolute Gasteiger partial charge is 0.383 e. The summed E-state index contributed by atoms with van der Waals surface area (Å²) < 4.78 is 0. The van der Waals surface area contributed by atoms with Crippen molar-refractivity contribution < 1.29 is 0 Å². The highest BCUT2D eigenvalue weighted by Crippen LogP contribution is 2.22. The van der Waals surface area contributed by atoms with Crippen molar-refractivity contribution in [3.05, 3.63) is 42.5 Å². The first-order valence-electron chi connectivity index (χ1n) is 5.07. The van der Waals surface area contributed by atoms with Gasteiger partial charge in [-0.15, -0.1) is 0 Å². The Morgan fingerprint density at radius 3 is 2.60 bits per heavy atom. The Morgan fingerprint density at radius 1 is 0.933 bits per heavy atom. The molecule has 0 bridgehead atoms. The number of hydrogen-bond acceptors (Lipinski definition) is 2. The fraction of sp³-hybridized carbons (Fsp3) is 0.167. The van der Waals surface area contributed by atoms with Crippen LogP contribution in [-0.2, 0) is 0 Å². The van der Waals surface area contributed by atoms with Crippen molar-refractivity contribution in [3.8, 4) is 0 Å². The zero-order valence-electron chi connectivity index (χ0n) is 8.53. The van der Waals surface area contributed by atoms with Crippen LogP contribution < -0.4 is 10.4 Å². The lowest BCUT2D eigenvalue weighted by Crippen LogP contribution is -2.13. The first-order chi connectivity index (χ1) is 7.42. The molecule has 0 aromatic heterocycles. The van der Waals surface area contributed by atoms with Gasteiger partial charge in [-0.2, -0.15) is 0 Å². The molecule has 0 aliphatic heterocycles.